The van der Waals surface area contributed by atoms with Gasteiger partial charge in [0, 0.05) is 18.6 Å². The largest absolute Gasteiger partial charge is 0.324 e. The van der Waals surface area contributed by atoms with E-state index in [1.54, 1.807) is 0 Å². The van der Waals surface area contributed by atoms with E-state index in [2.05, 4.69) is 31.3 Å². The Morgan fingerprint density at radius 2 is 2.20 bits per heavy atom. The minimum absolute atomic E-state index is 0.298. The molecule has 0 saturated heterocycles. The summed E-state index contributed by atoms with van der Waals surface area (Å²) in [6.07, 6.45) is 10.8. The van der Waals surface area contributed by atoms with Crippen molar-refractivity contribution < 1.29 is 0 Å². The molecule has 0 radical (unpaired) electrons. The van der Waals surface area contributed by atoms with Crippen molar-refractivity contribution in [3.63, 3.8) is 0 Å². The highest BCUT2D eigenvalue weighted by Crippen LogP contribution is 2.15. The van der Waals surface area contributed by atoms with E-state index in [4.69, 9.17) is 5.73 Å². The molecule has 1 aliphatic carbocycles. The molecule has 15 heavy (non-hydrogen) atoms. The van der Waals surface area contributed by atoms with Crippen molar-refractivity contribution in [2.75, 3.05) is 6.54 Å². The summed E-state index contributed by atoms with van der Waals surface area (Å²) >= 11 is 0. The molecule has 1 aliphatic rings. The van der Waals surface area contributed by atoms with E-state index in [9.17, 15) is 0 Å². The molecule has 0 aromatic rings. The number of nitrogens with two attached hydrogens (primary N) is 1. The SMILES string of the molecule is CCCCCC(C)NCC1C=CC(N)C1. The predicted molar refractivity (Wildman–Crippen MR) is 66.8 cm³/mol. The van der Waals surface area contributed by atoms with Gasteiger partial charge in [-0.3, -0.25) is 0 Å². The average Bonchev–Trinajstić information content (AvgIpc) is 2.62. The second kappa shape index (κ2) is 7.02. The molecule has 2 nitrogen and oxygen atoms in total. The van der Waals surface area contributed by atoms with Gasteiger partial charge in [0.05, 0.1) is 0 Å². The number of rotatable bonds is 7. The van der Waals surface area contributed by atoms with Crippen molar-refractivity contribution >= 4 is 0 Å². The van der Waals surface area contributed by atoms with Gasteiger partial charge in [0.2, 0.25) is 0 Å². The molecule has 0 amide bonds. The third-order valence-electron chi connectivity index (χ3n) is 3.17. The van der Waals surface area contributed by atoms with E-state index >= 15 is 0 Å². The molecule has 0 aliphatic heterocycles. The number of nitrogens with one attached hydrogen (secondary N) is 1. The minimum Gasteiger partial charge on any atom is -0.324 e. The lowest BCUT2D eigenvalue weighted by Gasteiger charge is -2.16. The number of hydrogen-bond donors (Lipinski definition) is 2. The third-order valence-corrected chi connectivity index (χ3v) is 3.17. The summed E-state index contributed by atoms with van der Waals surface area (Å²) in [5.74, 6) is 0.661. The highest BCUT2D eigenvalue weighted by molar-refractivity contribution is 5.05. The Balaban J connectivity index is 2.01. The summed E-state index contributed by atoms with van der Waals surface area (Å²) in [4.78, 5) is 0. The van der Waals surface area contributed by atoms with Crippen LogP contribution >= 0.6 is 0 Å². The lowest BCUT2D eigenvalue weighted by atomic mass is 10.1. The zero-order chi connectivity index (χ0) is 11.1. The van der Waals surface area contributed by atoms with Crippen LogP contribution in [0.25, 0.3) is 0 Å². The standard InChI is InChI=1S/C13H26N2/c1-3-4-5-6-11(2)15-10-12-7-8-13(14)9-12/h7-8,11-13,15H,3-6,9-10,14H2,1-2H3. The summed E-state index contributed by atoms with van der Waals surface area (Å²) in [7, 11) is 0. The molecule has 3 N–H and O–H groups in total. The second-order valence-corrected chi connectivity index (χ2v) is 4.85. The van der Waals surface area contributed by atoms with Crippen molar-refractivity contribution in [3.8, 4) is 0 Å². The van der Waals surface area contributed by atoms with E-state index in [-0.39, 0.29) is 0 Å². The molecule has 88 valence electrons. The highest BCUT2D eigenvalue weighted by Gasteiger charge is 2.15. The Morgan fingerprint density at radius 3 is 2.80 bits per heavy atom. The third kappa shape index (κ3) is 5.33. The van der Waals surface area contributed by atoms with Gasteiger partial charge in [-0.05, 0) is 25.7 Å². The van der Waals surface area contributed by atoms with E-state index < -0.39 is 0 Å². The quantitative estimate of drug-likeness (QED) is 0.500. The molecular weight excluding hydrogens is 184 g/mol. The van der Waals surface area contributed by atoms with Crippen LogP contribution in [0.4, 0.5) is 0 Å². The zero-order valence-electron chi connectivity index (χ0n) is 10.2. The Morgan fingerprint density at radius 1 is 1.40 bits per heavy atom. The van der Waals surface area contributed by atoms with Crippen LogP contribution in [0.2, 0.25) is 0 Å². The topological polar surface area (TPSA) is 38.0 Å². The molecule has 2 heteroatoms. The predicted octanol–water partition coefficient (Wildman–Crippen LogP) is 2.45. The van der Waals surface area contributed by atoms with Gasteiger partial charge in [0.25, 0.3) is 0 Å². The van der Waals surface area contributed by atoms with Gasteiger partial charge in [-0.15, -0.1) is 0 Å². The Kier molecular flexibility index (Phi) is 5.96. The van der Waals surface area contributed by atoms with Crippen LogP contribution in [-0.4, -0.2) is 18.6 Å². The molecule has 0 aromatic heterocycles. The molecule has 0 bridgehead atoms. The summed E-state index contributed by atoms with van der Waals surface area (Å²) in [6.45, 7) is 5.63. The Bertz CT molecular complexity index is 189. The van der Waals surface area contributed by atoms with Gasteiger partial charge in [-0.1, -0.05) is 38.3 Å². The zero-order valence-corrected chi connectivity index (χ0v) is 10.2. The lowest BCUT2D eigenvalue weighted by Crippen LogP contribution is -2.31. The van der Waals surface area contributed by atoms with Crippen LogP contribution < -0.4 is 11.1 Å². The van der Waals surface area contributed by atoms with Crippen molar-refractivity contribution in [1.29, 1.82) is 0 Å². The van der Waals surface area contributed by atoms with E-state index in [0.717, 1.165) is 13.0 Å². The fourth-order valence-corrected chi connectivity index (χ4v) is 2.11. The van der Waals surface area contributed by atoms with E-state index in [1.165, 1.54) is 25.7 Å². The van der Waals surface area contributed by atoms with E-state index in [1.807, 2.05) is 0 Å². The molecule has 3 unspecified atom stereocenters. The maximum atomic E-state index is 5.82. The summed E-state index contributed by atoms with van der Waals surface area (Å²) in [5.41, 5.74) is 5.82. The summed E-state index contributed by atoms with van der Waals surface area (Å²) in [5, 5.41) is 3.60. The maximum absolute atomic E-state index is 5.82. The molecule has 3 atom stereocenters. The van der Waals surface area contributed by atoms with Crippen LogP contribution in [0, 0.1) is 5.92 Å². The van der Waals surface area contributed by atoms with Gasteiger partial charge in [0.1, 0.15) is 0 Å². The molecule has 0 saturated carbocycles. The first-order chi connectivity index (χ1) is 7.22. The van der Waals surface area contributed by atoms with Crippen LogP contribution in [0.3, 0.4) is 0 Å². The van der Waals surface area contributed by atoms with Crippen molar-refractivity contribution in [1.82, 2.24) is 5.32 Å². The number of hydrogen-bond acceptors (Lipinski definition) is 2. The van der Waals surface area contributed by atoms with Crippen molar-refractivity contribution in [2.24, 2.45) is 11.7 Å². The van der Waals surface area contributed by atoms with Gasteiger partial charge in [-0.25, -0.2) is 0 Å². The fraction of sp³-hybridized carbons (Fsp3) is 0.846. The monoisotopic (exact) mass is 210 g/mol. The first-order valence-corrected chi connectivity index (χ1v) is 6.39. The average molecular weight is 210 g/mol. The molecular formula is C13H26N2. The van der Waals surface area contributed by atoms with Crippen LogP contribution in [-0.2, 0) is 0 Å². The van der Waals surface area contributed by atoms with Crippen LogP contribution in [0.5, 0.6) is 0 Å². The van der Waals surface area contributed by atoms with Crippen LogP contribution in [0.15, 0.2) is 12.2 Å². The van der Waals surface area contributed by atoms with Gasteiger partial charge in [-0.2, -0.15) is 0 Å². The summed E-state index contributed by atoms with van der Waals surface area (Å²) < 4.78 is 0. The second-order valence-electron chi connectivity index (χ2n) is 4.85. The van der Waals surface area contributed by atoms with Crippen molar-refractivity contribution in [3.05, 3.63) is 12.2 Å². The first kappa shape index (κ1) is 12.7. The normalized spacial score (nSPS) is 27.1. The van der Waals surface area contributed by atoms with Gasteiger partial charge >= 0.3 is 0 Å². The molecule has 0 spiro atoms. The maximum Gasteiger partial charge on any atom is 0.0229 e. The number of unbranched alkanes of at least 4 members (excludes halogenated alkanes) is 2. The first-order valence-electron chi connectivity index (χ1n) is 6.39. The van der Waals surface area contributed by atoms with E-state index in [0.29, 0.717) is 18.0 Å². The van der Waals surface area contributed by atoms with Gasteiger partial charge in [0.15, 0.2) is 0 Å². The Labute approximate surface area is 94.3 Å². The van der Waals surface area contributed by atoms with Crippen LogP contribution in [0.1, 0.15) is 46.0 Å². The molecule has 0 heterocycles. The Hall–Kier alpha value is -0.340. The minimum atomic E-state index is 0.298. The smallest absolute Gasteiger partial charge is 0.0229 e. The highest BCUT2D eigenvalue weighted by atomic mass is 14.9. The van der Waals surface area contributed by atoms with Gasteiger partial charge < -0.3 is 11.1 Å². The molecule has 0 aromatic carbocycles. The fourth-order valence-electron chi connectivity index (χ4n) is 2.11. The van der Waals surface area contributed by atoms with Crippen molar-refractivity contribution in [2.45, 2.75) is 58.0 Å². The lowest BCUT2D eigenvalue weighted by molar-refractivity contribution is 0.444. The molecule has 1 rings (SSSR count). The summed E-state index contributed by atoms with van der Waals surface area (Å²) in [6, 6.07) is 0.953. The molecule has 0 fully saturated rings.